The monoisotopic (exact) mass is 458 g/mol. The smallest absolute Gasteiger partial charge is 0.270 e. The Kier molecular flexibility index (Phi) is 6.35. The van der Waals surface area contributed by atoms with Gasteiger partial charge in [0.2, 0.25) is 0 Å². The zero-order chi connectivity index (χ0) is 20.8. The number of hydrazine groups is 1. The Morgan fingerprint density at radius 1 is 1.07 bits per heavy atom. The van der Waals surface area contributed by atoms with Crippen LogP contribution < -0.4 is 31.4 Å². The molecule has 0 aliphatic carbocycles. The lowest BCUT2D eigenvalue weighted by molar-refractivity contribution is 0.0961. The van der Waals surface area contributed by atoms with E-state index >= 15 is 0 Å². The molecule has 0 fully saturated rings. The molecule has 29 heavy (non-hydrogen) atoms. The van der Waals surface area contributed by atoms with Crippen LogP contribution in [0.4, 0.5) is 23.0 Å². The first-order chi connectivity index (χ1) is 14.0. The van der Waals surface area contributed by atoms with Crippen molar-refractivity contribution in [1.82, 2.24) is 15.4 Å². The van der Waals surface area contributed by atoms with Gasteiger partial charge >= 0.3 is 0 Å². The minimum Gasteiger partial charge on any atom is -0.497 e. The molecule has 2 aromatic carbocycles. The van der Waals surface area contributed by atoms with Gasteiger partial charge in [0.25, 0.3) is 5.91 Å². The maximum absolute atomic E-state index is 12.3. The summed E-state index contributed by atoms with van der Waals surface area (Å²) in [5.41, 5.74) is 12.7. The van der Waals surface area contributed by atoms with Crippen LogP contribution >= 0.6 is 15.9 Å². The summed E-state index contributed by atoms with van der Waals surface area (Å²) < 4.78 is 11.3. The first-order valence-electron chi connectivity index (χ1n) is 8.44. The third kappa shape index (κ3) is 4.66. The second kappa shape index (κ2) is 9.11. The predicted octanol–water partition coefficient (Wildman–Crippen LogP) is 3.34. The summed E-state index contributed by atoms with van der Waals surface area (Å²) in [5, 5.41) is 3.09. The van der Waals surface area contributed by atoms with Crippen LogP contribution in [-0.2, 0) is 0 Å². The van der Waals surface area contributed by atoms with E-state index in [9.17, 15) is 4.79 Å². The highest BCUT2D eigenvalue weighted by Gasteiger charge is 2.14. The summed E-state index contributed by atoms with van der Waals surface area (Å²) in [6, 6.07) is 12.3. The first kappa shape index (κ1) is 20.2. The SMILES string of the molecule is COc1ccc(OC)c(Nc2ncnc(NNC(=O)c3ccccc3Br)c2N)c1. The number of hydrogen-bond donors (Lipinski definition) is 4. The van der Waals surface area contributed by atoms with Crippen LogP contribution in [0.1, 0.15) is 10.4 Å². The van der Waals surface area contributed by atoms with E-state index in [0.717, 1.165) is 0 Å². The minimum atomic E-state index is -0.348. The van der Waals surface area contributed by atoms with Gasteiger partial charge in [0.15, 0.2) is 11.6 Å². The van der Waals surface area contributed by atoms with Gasteiger partial charge in [-0.25, -0.2) is 9.97 Å². The molecule has 1 amide bonds. The Bertz CT molecular complexity index is 1030. The lowest BCUT2D eigenvalue weighted by Crippen LogP contribution is -2.30. The van der Waals surface area contributed by atoms with Crippen molar-refractivity contribution in [1.29, 1.82) is 0 Å². The van der Waals surface area contributed by atoms with Crippen LogP contribution in [0.2, 0.25) is 0 Å². The lowest BCUT2D eigenvalue weighted by atomic mass is 10.2. The first-order valence-corrected chi connectivity index (χ1v) is 9.23. The number of nitrogens with two attached hydrogens (primary N) is 1. The van der Waals surface area contributed by atoms with E-state index in [1.807, 2.05) is 6.07 Å². The summed E-state index contributed by atoms with van der Waals surface area (Å²) in [6.45, 7) is 0. The molecule has 9 nitrogen and oxygen atoms in total. The van der Waals surface area contributed by atoms with Gasteiger partial charge in [0.05, 0.1) is 25.5 Å². The molecule has 0 unspecified atom stereocenters. The van der Waals surface area contributed by atoms with Crippen LogP contribution in [-0.4, -0.2) is 30.1 Å². The second-order valence-corrected chi connectivity index (χ2v) is 6.59. The number of aromatic nitrogens is 2. The van der Waals surface area contributed by atoms with Crippen LogP contribution in [0.15, 0.2) is 53.3 Å². The molecule has 3 aromatic rings. The fourth-order valence-electron chi connectivity index (χ4n) is 2.46. The fourth-order valence-corrected chi connectivity index (χ4v) is 2.93. The van der Waals surface area contributed by atoms with E-state index in [0.29, 0.717) is 33.0 Å². The summed E-state index contributed by atoms with van der Waals surface area (Å²) >= 11 is 3.34. The number of halogens is 1. The van der Waals surface area contributed by atoms with Crippen molar-refractivity contribution in [3.05, 3.63) is 58.8 Å². The van der Waals surface area contributed by atoms with E-state index in [-0.39, 0.29) is 17.4 Å². The normalized spacial score (nSPS) is 10.2. The molecule has 0 aliphatic heterocycles. The summed E-state index contributed by atoms with van der Waals surface area (Å²) in [6.07, 6.45) is 1.32. The molecule has 0 bridgehead atoms. The number of nitrogen functional groups attached to an aromatic ring is 1. The Hall–Kier alpha value is -3.53. The molecule has 0 atom stereocenters. The van der Waals surface area contributed by atoms with Gasteiger partial charge in [-0.05, 0) is 40.2 Å². The van der Waals surface area contributed by atoms with Crippen LogP contribution in [0.5, 0.6) is 11.5 Å². The molecular formula is C19H19BrN6O3. The number of benzene rings is 2. The van der Waals surface area contributed by atoms with E-state index < -0.39 is 0 Å². The van der Waals surface area contributed by atoms with E-state index in [2.05, 4.69) is 42.1 Å². The molecule has 1 aromatic heterocycles. The third-order valence-corrected chi connectivity index (χ3v) is 4.65. The Labute approximate surface area is 175 Å². The number of ether oxygens (including phenoxy) is 2. The molecule has 0 aliphatic rings. The Morgan fingerprint density at radius 3 is 2.55 bits per heavy atom. The van der Waals surface area contributed by atoms with Gasteiger partial charge in [-0.2, -0.15) is 0 Å². The van der Waals surface area contributed by atoms with Crippen LogP contribution in [0.3, 0.4) is 0 Å². The van der Waals surface area contributed by atoms with E-state index in [4.69, 9.17) is 15.2 Å². The molecule has 0 saturated heterocycles. The molecule has 3 rings (SSSR count). The number of rotatable bonds is 7. The topological polar surface area (TPSA) is 123 Å². The van der Waals surface area contributed by atoms with E-state index in [1.54, 1.807) is 50.6 Å². The molecule has 1 heterocycles. The summed E-state index contributed by atoms with van der Waals surface area (Å²) in [7, 11) is 3.13. The molecule has 5 N–H and O–H groups in total. The van der Waals surface area contributed by atoms with Gasteiger partial charge in [0, 0.05) is 10.5 Å². The maximum atomic E-state index is 12.3. The largest absolute Gasteiger partial charge is 0.497 e. The van der Waals surface area contributed by atoms with Crippen molar-refractivity contribution in [2.45, 2.75) is 0 Å². The standard InChI is InChI=1S/C19H19BrN6O3/c1-28-11-7-8-15(29-2)14(9-11)24-17-16(21)18(23-10-22-17)25-26-19(27)12-5-3-4-6-13(12)20/h3-10H,21H2,1-2H3,(H,26,27)(H2,22,23,24,25). The average molecular weight is 459 g/mol. The van der Waals surface area contributed by atoms with Crippen LogP contribution in [0.25, 0.3) is 0 Å². The van der Waals surface area contributed by atoms with Gasteiger partial charge < -0.3 is 20.5 Å². The van der Waals surface area contributed by atoms with Gasteiger partial charge in [0.1, 0.15) is 23.5 Å². The number of nitrogens with zero attached hydrogens (tertiary/aromatic N) is 2. The van der Waals surface area contributed by atoms with E-state index in [1.165, 1.54) is 6.33 Å². The van der Waals surface area contributed by atoms with Gasteiger partial charge in [-0.1, -0.05) is 12.1 Å². The third-order valence-electron chi connectivity index (χ3n) is 3.96. The highest BCUT2D eigenvalue weighted by molar-refractivity contribution is 9.10. The minimum absolute atomic E-state index is 0.213. The summed E-state index contributed by atoms with van der Waals surface area (Å²) in [4.78, 5) is 20.6. The Morgan fingerprint density at radius 2 is 1.83 bits per heavy atom. The maximum Gasteiger partial charge on any atom is 0.270 e. The zero-order valence-electron chi connectivity index (χ0n) is 15.7. The van der Waals surface area contributed by atoms with Crippen molar-refractivity contribution in [2.75, 3.05) is 30.7 Å². The molecule has 0 saturated carbocycles. The van der Waals surface area contributed by atoms with Crippen LogP contribution in [0, 0.1) is 0 Å². The number of anilines is 4. The van der Waals surface area contributed by atoms with Crippen molar-refractivity contribution in [3.8, 4) is 11.5 Å². The van der Waals surface area contributed by atoms with Crippen molar-refractivity contribution >= 4 is 44.8 Å². The van der Waals surface area contributed by atoms with Gasteiger partial charge in [-0.15, -0.1) is 0 Å². The highest BCUT2D eigenvalue weighted by atomic mass is 79.9. The lowest BCUT2D eigenvalue weighted by Gasteiger charge is -2.15. The number of nitrogens with one attached hydrogen (secondary N) is 3. The molecular weight excluding hydrogens is 440 g/mol. The number of carbonyl (C=O) groups excluding carboxylic acids is 1. The number of carbonyl (C=O) groups is 1. The number of methoxy groups -OCH3 is 2. The summed E-state index contributed by atoms with van der Waals surface area (Å²) in [5.74, 6) is 1.45. The zero-order valence-corrected chi connectivity index (χ0v) is 17.3. The average Bonchev–Trinajstić information content (AvgIpc) is 2.74. The molecule has 10 heteroatoms. The molecule has 150 valence electrons. The predicted molar refractivity (Wildman–Crippen MR) is 115 cm³/mol. The second-order valence-electron chi connectivity index (χ2n) is 5.73. The van der Waals surface area contributed by atoms with Crippen molar-refractivity contribution < 1.29 is 14.3 Å². The van der Waals surface area contributed by atoms with Crippen molar-refractivity contribution in [2.24, 2.45) is 0 Å². The number of hydrogen-bond acceptors (Lipinski definition) is 8. The Balaban J connectivity index is 1.78. The number of amides is 1. The highest BCUT2D eigenvalue weighted by Crippen LogP contribution is 2.33. The quantitative estimate of drug-likeness (QED) is 0.397. The van der Waals surface area contributed by atoms with Gasteiger partial charge in [-0.3, -0.25) is 15.6 Å². The molecule has 0 radical (unpaired) electrons. The fraction of sp³-hybridized carbons (Fsp3) is 0.105. The molecule has 0 spiro atoms. The van der Waals surface area contributed by atoms with Crippen molar-refractivity contribution in [3.63, 3.8) is 0 Å².